The van der Waals surface area contributed by atoms with Crippen molar-refractivity contribution >= 4 is 11.7 Å². The first-order chi connectivity index (χ1) is 12.3. The van der Waals surface area contributed by atoms with E-state index in [0.29, 0.717) is 11.9 Å². The molecule has 0 aliphatic heterocycles. The second kappa shape index (κ2) is 6.45. The molecule has 25 heavy (non-hydrogen) atoms. The summed E-state index contributed by atoms with van der Waals surface area (Å²) in [6.45, 7) is 0. The highest BCUT2D eigenvalue weighted by Crippen LogP contribution is 2.25. The molecule has 0 bridgehead atoms. The first kappa shape index (κ1) is 14.9. The number of phenolic OH excluding ortho intramolecular Hbond substituents is 1. The molecule has 2 aromatic heterocycles. The second-order valence-electron chi connectivity index (χ2n) is 5.40. The molecule has 4 rings (SSSR count). The molecular formula is C19H14N4O2. The molecule has 0 fully saturated rings. The van der Waals surface area contributed by atoms with Crippen molar-refractivity contribution in [2.24, 2.45) is 0 Å². The van der Waals surface area contributed by atoms with Gasteiger partial charge in [-0.3, -0.25) is 4.98 Å². The van der Waals surface area contributed by atoms with Crippen molar-refractivity contribution in [2.75, 3.05) is 5.32 Å². The van der Waals surface area contributed by atoms with E-state index in [0.717, 1.165) is 22.4 Å². The van der Waals surface area contributed by atoms with Gasteiger partial charge in [0, 0.05) is 23.6 Å². The molecule has 0 saturated carbocycles. The summed E-state index contributed by atoms with van der Waals surface area (Å²) in [6, 6.07) is 18.7. The van der Waals surface area contributed by atoms with E-state index in [1.54, 1.807) is 36.7 Å². The molecule has 122 valence electrons. The number of pyridine rings is 1. The van der Waals surface area contributed by atoms with Gasteiger partial charge in [-0.05, 0) is 59.7 Å². The lowest BCUT2D eigenvalue weighted by atomic mass is 10.1. The van der Waals surface area contributed by atoms with E-state index in [2.05, 4.69) is 20.5 Å². The Morgan fingerprint density at radius 2 is 1.36 bits per heavy atom. The Balaban J connectivity index is 1.50. The number of phenols is 1. The summed E-state index contributed by atoms with van der Waals surface area (Å²) in [7, 11) is 0. The minimum Gasteiger partial charge on any atom is -0.508 e. The third-order valence-corrected chi connectivity index (χ3v) is 3.69. The molecule has 0 saturated heterocycles. The van der Waals surface area contributed by atoms with Gasteiger partial charge in [-0.15, -0.1) is 5.10 Å². The molecule has 0 atom stereocenters. The van der Waals surface area contributed by atoms with E-state index in [-0.39, 0.29) is 5.75 Å². The number of benzene rings is 2. The van der Waals surface area contributed by atoms with Gasteiger partial charge >= 0.3 is 6.01 Å². The van der Waals surface area contributed by atoms with Gasteiger partial charge in [0.05, 0.1) is 0 Å². The number of nitrogens with one attached hydrogen (secondary N) is 1. The van der Waals surface area contributed by atoms with E-state index in [4.69, 9.17) is 4.42 Å². The maximum absolute atomic E-state index is 9.33. The molecular weight excluding hydrogens is 316 g/mol. The lowest BCUT2D eigenvalue weighted by molar-refractivity contribution is 0.475. The number of aromatic nitrogens is 3. The van der Waals surface area contributed by atoms with Crippen molar-refractivity contribution < 1.29 is 9.52 Å². The average Bonchev–Trinajstić information content (AvgIpc) is 3.12. The molecule has 2 N–H and O–H groups in total. The van der Waals surface area contributed by atoms with E-state index in [9.17, 15) is 5.11 Å². The third kappa shape index (κ3) is 3.32. The first-order valence-electron chi connectivity index (χ1n) is 7.68. The van der Waals surface area contributed by atoms with Crippen molar-refractivity contribution in [3.8, 4) is 28.3 Å². The Kier molecular flexibility index (Phi) is 3.84. The standard InChI is InChI=1S/C19H14N4O2/c24-17-7-3-15(4-8-17)18-22-23-19(25-18)21-16-5-1-13(2-6-16)14-9-11-20-12-10-14/h1-12,24H,(H,21,23). The summed E-state index contributed by atoms with van der Waals surface area (Å²) in [6.07, 6.45) is 3.54. The van der Waals surface area contributed by atoms with Gasteiger partial charge in [0.1, 0.15) is 5.75 Å². The smallest absolute Gasteiger partial charge is 0.320 e. The maximum atomic E-state index is 9.33. The van der Waals surface area contributed by atoms with Gasteiger partial charge in [-0.25, -0.2) is 0 Å². The lowest BCUT2D eigenvalue weighted by Crippen LogP contribution is -1.90. The lowest BCUT2D eigenvalue weighted by Gasteiger charge is -2.04. The molecule has 6 heteroatoms. The van der Waals surface area contributed by atoms with Gasteiger partial charge < -0.3 is 14.8 Å². The quantitative estimate of drug-likeness (QED) is 0.582. The Morgan fingerprint density at radius 3 is 2.08 bits per heavy atom. The molecule has 0 unspecified atom stereocenters. The van der Waals surface area contributed by atoms with Gasteiger partial charge in [0.25, 0.3) is 0 Å². The zero-order chi connectivity index (χ0) is 17.1. The van der Waals surface area contributed by atoms with E-state index in [1.807, 2.05) is 36.4 Å². The fourth-order valence-electron chi connectivity index (χ4n) is 2.41. The maximum Gasteiger partial charge on any atom is 0.320 e. The van der Waals surface area contributed by atoms with Crippen LogP contribution in [0.2, 0.25) is 0 Å². The summed E-state index contributed by atoms with van der Waals surface area (Å²) in [5, 5.41) is 20.4. The average molecular weight is 330 g/mol. The molecule has 0 aliphatic carbocycles. The molecule has 0 amide bonds. The van der Waals surface area contributed by atoms with Crippen molar-refractivity contribution in [1.82, 2.24) is 15.2 Å². The Hall–Kier alpha value is -3.67. The van der Waals surface area contributed by atoms with Crippen molar-refractivity contribution in [2.45, 2.75) is 0 Å². The predicted molar refractivity (Wildman–Crippen MR) is 94.4 cm³/mol. The summed E-state index contributed by atoms with van der Waals surface area (Å²) in [5.41, 5.74) is 3.79. The molecule has 0 aliphatic rings. The van der Waals surface area contributed by atoms with Crippen molar-refractivity contribution in [3.63, 3.8) is 0 Å². The van der Waals surface area contributed by atoms with Crippen molar-refractivity contribution in [1.29, 1.82) is 0 Å². The SMILES string of the molecule is Oc1ccc(-c2nnc(Nc3ccc(-c4ccncc4)cc3)o2)cc1. The Labute approximate surface area is 143 Å². The molecule has 4 aromatic rings. The van der Waals surface area contributed by atoms with Crippen LogP contribution in [0.4, 0.5) is 11.7 Å². The van der Waals surface area contributed by atoms with Crippen LogP contribution in [-0.2, 0) is 0 Å². The Morgan fingerprint density at radius 1 is 0.720 bits per heavy atom. The van der Waals surface area contributed by atoms with Crippen molar-refractivity contribution in [3.05, 3.63) is 73.1 Å². The number of hydrogen-bond donors (Lipinski definition) is 2. The number of rotatable bonds is 4. The monoisotopic (exact) mass is 330 g/mol. The van der Waals surface area contributed by atoms with Crippen LogP contribution in [0, 0.1) is 0 Å². The van der Waals surface area contributed by atoms with Crippen LogP contribution in [0.5, 0.6) is 5.75 Å². The van der Waals surface area contributed by atoms with Gasteiger partial charge in [-0.2, -0.15) is 0 Å². The normalized spacial score (nSPS) is 10.6. The largest absolute Gasteiger partial charge is 0.508 e. The summed E-state index contributed by atoms with van der Waals surface area (Å²) < 4.78 is 5.61. The fourth-order valence-corrected chi connectivity index (χ4v) is 2.41. The second-order valence-corrected chi connectivity index (χ2v) is 5.40. The zero-order valence-corrected chi connectivity index (χ0v) is 13.1. The van der Waals surface area contributed by atoms with Gasteiger partial charge in [0.15, 0.2) is 0 Å². The number of aromatic hydroxyl groups is 1. The van der Waals surface area contributed by atoms with E-state index >= 15 is 0 Å². The Bertz CT molecular complexity index is 965. The third-order valence-electron chi connectivity index (χ3n) is 3.69. The molecule has 6 nitrogen and oxygen atoms in total. The zero-order valence-electron chi connectivity index (χ0n) is 13.1. The molecule has 0 spiro atoms. The van der Waals surface area contributed by atoms with Gasteiger partial charge in [0.2, 0.25) is 5.89 Å². The van der Waals surface area contributed by atoms with E-state index < -0.39 is 0 Å². The molecule has 2 heterocycles. The van der Waals surface area contributed by atoms with Crippen LogP contribution in [0.25, 0.3) is 22.6 Å². The van der Waals surface area contributed by atoms with Gasteiger partial charge in [-0.1, -0.05) is 17.2 Å². The molecule has 2 aromatic carbocycles. The fraction of sp³-hybridized carbons (Fsp3) is 0. The predicted octanol–water partition coefficient (Wildman–Crippen LogP) is 4.25. The van der Waals surface area contributed by atoms with E-state index in [1.165, 1.54) is 0 Å². The van der Waals surface area contributed by atoms with Crippen LogP contribution < -0.4 is 5.32 Å². The number of anilines is 2. The number of hydrogen-bond acceptors (Lipinski definition) is 6. The van der Waals surface area contributed by atoms with Crippen LogP contribution in [-0.4, -0.2) is 20.3 Å². The highest BCUT2D eigenvalue weighted by molar-refractivity contribution is 5.66. The summed E-state index contributed by atoms with van der Waals surface area (Å²) >= 11 is 0. The first-order valence-corrected chi connectivity index (χ1v) is 7.68. The minimum absolute atomic E-state index is 0.191. The van der Waals surface area contributed by atoms with Crippen LogP contribution in [0.1, 0.15) is 0 Å². The molecule has 0 radical (unpaired) electrons. The van der Waals surface area contributed by atoms with Crippen LogP contribution >= 0.6 is 0 Å². The van der Waals surface area contributed by atoms with Crippen LogP contribution in [0.15, 0.2) is 77.5 Å². The highest BCUT2D eigenvalue weighted by atomic mass is 16.4. The van der Waals surface area contributed by atoms with Crippen LogP contribution in [0.3, 0.4) is 0 Å². The summed E-state index contributed by atoms with van der Waals surface area (Å²) in [4.78, 5) is 4.02. The highest BCUT2D eigenvalue weighted by Gasteiger charge is 2.09. The topological polar surface area (TPSA) is 84.1 Å². The number of nitrogens with zero attached hydrogens (tertiary/aromatic N) is 3. The minimum atomic E-state index is 0.191. The summed E-state index contributed by atoms with van der Waals surface area (Å²) in [5.74, 6) is 0.576.